The van der Waals surface area contributed by atoms with Gasteiger partial charge in [0.1, 0.15) is 0 Å². The molecule has 3 rings (SSSR count). The SMILES string of the molecule is Cc1nc2ccccc2nc1N1CCCC(OCCO)C1. The average molecular weight is 287 g/mol. The van der Waals surface area contributed by atoms with Gasteiger partial charge < -0.3 is 14.7 Å². The maximum absolute atomic E-state index is 8.88. The van der Waals surface area contributed by atoms with Gasteiger partial charge in [-0.3, -0.25) is 0 Å². The molecule has 1 unspecified atom stereocenters. The van der Waals surface area contributed by atoms with E-state index >= 15 is 0 Å². The van der Waals surface area contributed by atoms with Gasteiger partial charge in [0.25, 0.3) is 0 Å². The van der Waals surface area contributed by atoms with Crippen LogP contribution >= 0.6 is 0 Å². The van der Waals surface area contributed by atoms with Crippen LogP contribution in [0.2, 0.25) is 0 Å². The number of hydrogen-bond donors (Lipinski definition) is 1. The van der Waals surface area contributed by atoms with Crippen molar-refractivity contribution in [1.82, 2.24) is 9.97 Å². The summed E-state index contributed by atoms with van der Waals surface area (Å²) in [4.78, 5) is 11.7. The fourth-order valence-electron chi connectivity index (χ4n) is 2.86. The van der Waals surface area contributed by atoms with E-state index < -0.39 is 0 Å². The minimum Gasteiger partial charge on any atom is -0.394 e. The van der Waals surface area contributed by atoms with Crippen molar-refractivity contribution >= 4 is 16.9 Å². The molecule has 5 heteroatoms. The van der Waals surface area contributed by atoms with Gasteiger partial charge in [-0.2, -0.15) is 0 Å². The number of anilines is 1. The van der Waals surface area contributed by atoms with E-state index in [9.17, 15) is 0 Å². The normalized spacial score (nSPS) is 19.1. The number of hydrogen-bond acceptors (Lipinski definition) is 5. The maximum Gasteiger partial charge on any atom is 0.150 e. The van der Waals surface area contributed by atoms with Crippen LogP contribution in [0.5, 0.6) is 0 Å². The molecule has 112 valence electrons. The highest BCUT2D eigenvalue weighted by Crippen LogP contribution is 2.24. The summed E-state index contributed by atoms with van der Waals surface area (Å²) in [5.74, 6) is 0.950. The van der Waals surface area contributed by atoms with E-state index in [1.54, 1.807) is 0 Å². The Balaban J connectivity index is 1.83. The third-order valence-corrected chi connectivity index (χ3v) is 3.84. The van der Waals surface area contributed by atoms with Crippen LogP contribution in [0.25, 0.3) is 11.0 Å². The number of nitrogens with zero attached hydrogens (tertiary/aromatic N) is 3. The van der Waals surface area contributed by atoms with Gasteiger partial charge in [-0.25, -0.2) is 9.97 Å². The zero-order valence-corrected chi connectivity index (χ0v) is 12.3. The van der Waals surface area contributed by atoms with Gasteiger partial charge >= 0.3 is 0 Å². The Morgan fingerprint density at radius 1 is 1.29 bits per heavy atom. The molecule has 0 aliphatic carbocycles. The smallest absolute Gasteiger partial charge is 0.150 e. The predicted octanol–water partition coefficient (Wildman–Crippen LogP) is 1.92. The molecular weight excluding hydrogens is 266 g/mol. The molecule has 1 fully saturated rings. The van der Waals surface area contributed by atoms with Gasteiger partial charge in [0, 0.05) is 13.1 Å². The minimum absolute atomic E-state index is 0.0747. The van der Waals surface area contributed by atoms with Gasteiger partial charge in [-0.1, -0.05) is 12.1 Å². The number of ether oxygens (including phenoxy) is 1. The zero-order valence-electron chi connectivity index (χ0n) is 12.3. The molecule has 0 radical (unpaired) electrons. The van der Waals surface area contributed by atoms with Crippen LogP contribution in [-0.2, 0) is 4.74 Å². The van der Waals surface area contributed by atoms with E-state index in [2.05, 4.69) is 9.88 Å². The van der Waals surface area contributed by atoms with Gasteiger partial charge in [0.2, 0.25) is 0 Å². The first-order chi connectivity index (χ1) is 10.3. The second kappa shape index (κ2) is 6.37. The van der Waals surface area contributed by atoms with Crippen molar-refractivity contribution < 1.29 is 9.84 Å². The number of piperidine rings is 1. The Morgan fingerprint density at radius 3 is 2.81 bits per heavy atom. The lowest BCUT2D eigenvalue weighted by Crippen LogP contribution is -2.41. The number of aliphatic hydroxyl groups excluding tert-OH is 1. The number of aryl methyl sites for hydroxylation is 1. The van der Waals surface area contributed by atoms with E-state index in [0.717, 1.165) is 48.5 Å². The monoisotopic (exact) mass is 287 g/mol. The molecule has 0 spiro atoms. The number of fused-ring (bicyclic) bond motifs is 1. The van der Waals surface area contributed by atoms with Crippen molar-refractivity contribution in [2.24, 2.45) is 0 Å². The molecule has 0 saturated carbocycles. The Bertz CT molecular complexity index is 617. The molecule has 2 aromatic rings. The summed E-state index contributed by atoms with van der Waals surface area (Å²) in [5.41, 5.74) is 2.82. The van der Waals surface area contributed by atoms with Crippen LogP contribution in [0.15, 0.2) is 24.3 Å². The number of rotatable bonds is 4. The molecule has 0 amide bonds. The molecule has 1 aliphatic rings. The van der Waals surface area contributed by atoms with Gasteiger partial charge in [0.15, 0.2) is 5.82 Å². The highest BCUT2D eigenvalue weighted by molar-refractivity contribution is 5.76. The van der Waals surface area contributed by atoms with Gasteiger partial charge in [0.05, 0.1) is 36.0 Å². The second-order valence-electron chi connectivity index (χ2n) is 5.43. The summed E-state index contributed by atoms with van der Waals surface area (Å²) in [5, 5.41) is 8.88. The van der Waals surface area contributed by atoms with Gasteiger partial charge in [-0.05, 0) is 31.9 Å². The number of para-hydroxylation sites is 2. The van der Waals surface area contributed by atoms with Crippen molar-refractivity contribution in [2.75, 3.05) is 31.2 Å². The third kappa shape index (κ3) is 3.14. The van der Waals surface area contributed by atoms with E-state index in [-0.39, 0.29) is 12.7 Å². The topological polar surface area (TPSA) is 58.5 Å². The highest BCUT2D eigenvalue weighted by atomic mass is 16.5. The zero-order chi connectivity index (χ0) is 14.7. The lowest BCUT2D eigenvalue weighted by atomic mass is 10.1. The maximum atomic E-state index is 8.88. The fourth-order valence-corrected chi connectivity index (χ4v) is 2.86. The summed E-state index contributed by atoms with van der Waals surface area (Å²) >= 11 is 0. The molecule has 1 aromatic carbocycles. The molecule has 5 nitrogen and oxygen atoms in total. The van der Waals surface area contributed by atoms with Crippen molar-refractivity contribution in [3.63, 3.8) is 0 Å². The Hall–Kier alpha value is -1.72. The van der Waals surface area contributed by atoms with E-state index in [1.165, 1.54) is 0 Å². The number of aromatic nitrogens is 2. The Kier molecular flexibility index (Phi) is 4.31. The first-order valence-corrected chi connectivity index (χ1v) is 7.48. The van der Waals surface area contributed by atoms with Crippen LogP contribution in [0.3, 0.4) is 0 Å². The van der Waals surface area contributed by atoms with Crippen LogP contribution in [-0.4, -0.2) is 47.5 Å². The first-order valence-electron chi connectivity index (χ1n) is 7.48. The van der Waals surface area contributed by atoms with Gasteiger partial charge in [-0.15, -0.1) is 0 Å². The highest BCUT2D eigenvalue weighted by Gasteiger charge is 2.23. The molecule has 1 aromatic heterocycles. The minimum atomic E-state index is 0.0747. The van der Waals surface area contributed by atoms with Crippen LogP contribution in [0, 0.1) is 6.92 Å². The summed E-state index contributed by atoms with van der Waals surface area (Å²) in [7, 11) is 0. The molecule has 1 aliphatic heterocycles. The first kappa shape index (κ1) is 14.2. The molecule has 1 N–H and O–H groups in total. The molecule has 21 heavy (non-hydrogen) atoms. The Labute approximate surface area is 124 Å². The van der Waals surface area contributed by atoms with E-state index in [1.807, 2.05) is 31.2 Å². The fraction of sp³-hybridized carbons (Fsp3) is 0.500. The van der Waals surface area contributed by atoms with E-state index in [0.29, 0.717) is 6.61 Å². The lowest BCUT2D eigenvalue weighted by Gasteiger charge is -2.34. The van der Waals surface area contributed by atoms with Crippen molar-refractivity contribution in [1.29, 1.82) is 0 Å². The Morgan fingerprint density at radius 2 is 2.05 bits per heavy atom. The molecule has 1 atom stereocenters. The quantitative estimate of drug-likeness (QED) is 0.931. The summed E-state index contributed by atoms with van der Waals surface area (Å²) in [6.07, 6.45) is 2.28. The summed E-state index contributed by atoms with van der Waals surface area (Å²) in [6.45, 7) is 4.28. The number of benzene rings is 1. The predicted molar refractivity (Wildman–Crippen MR) is 82.5 cm³/mol. The number of aliphatic hydroxyl groups is 1. The molecule has 1 saturated heterocycles. The largest absolute Gasteiger partial charge is 0.394 e. The molecule has 2 heterocycles. The van der Waals surface area contributed by atoms with Crippen LogP contribution < -0.4 is 4.90 Å². The standard InChI is InChI=1S/C16H21N3O2/c1-12-16(18-15-7-3-2-6-14(15)17-12)19-8-4-5-13(11-19)21-10-9-20/h2-3,6-7,13,20H,4-5,8-11H2,1H3. The van der Waals surface area contributed by atoms with Crippen molar-refractivity contribution in [3.8, 4) is 0 Å². The average Bonchev–Trinajstić information content (AvgIpc) is 2.52. The third-order valence-electron chi connectivity index (χ3n) is 3.84. The van der Waals surface area contributed by atoms with E-state index in [4.69, 9.17) is 14.8 Å². The molecular formula is C16H21N3O2. The lowest BCUT2D eigenvalue weighted by molar-refractivity contribution is 0.0213. The van der Waals surface area contributed by atoms with Crippen LogP contribution in [0.4, 0.5) is 5.82 Å². The summed E-state index contributed by atoms with van der Waals surface area (Å²) < 4.78 is 5.67. The molecule has 0 bridgehead atoms. The summed E-state index contributed by atoms with van der Waals surface area (Å²) in [6, 6.07) is 7.95. The van der Waals surface area contributed by atoms with Crippen LogP contribution in [0.1, 0.15) is 18.5 Å². The second-order valence-corrected chi connectivity index (χ2v) is 5.43. The van der Waals surface area contributed by atoms with Crippen molar-refractivity contribution in [3.05, 3.63) is 30.0 Å². The van der Waals surface area contributed by atoms with Crippen molar-refractivity contribution in [2.45, 2.75) is 25.9 Å².